The first-order chi connectivity index (χ1) is 15.4. The average molecular weight is 429 g/mol. The van der Waals surface area contributed by atoms with Crippen LogP contribution in [0.25, 0.3) is 28.0 Å². The summed E-state index contributed by atoms with van der Waals surface area (Å²) in [4.78, 5) is 33.8. The minimum absolute atomic E-state index is 0.0120. The van der Waals surface area contributed by atoms with E-state index >= 15 is 0 Å². The van der Waals surface area contributed by atoms with Crippen LogP contribution in [0, 0.1) is 6.92 Å². The molecule has 0 aliphatic heterocycles. The molecule has 0 fully saturated rings. The molecule has 4 heterocycles. The highest BCUT2D eigenvalue weighted by Gasteiger charge is 2.22. The number of oxazole rings is 1. The molecular weight excluding hydrogens is 410 g/mol. The number of aryl methyl sites for hydroxylation is 2. The highest BCUT2D eigenvalue weighted by molar-refractivity contribution is 5.90. The zero-order chi connectivity index (χ0) is 22.4. The van der Waals surface area contributed by atoms with Crippen LogP contribution in [0.4, 0.5) is 5.95 Å². The summed E-state index contributed by atoms with van der Waals surface area (Å²) < 4.78 is 9.37. The van der Waals surface area contributed by atoms with E-state index in [0.29, 0.717) is 33.9 Å². The smallest absolute Gasteiger partial charge is 0.353 e. The van der Waals surface area contributed by atoms with Crippen molar-refractivity contribution in [2.75, 3.05) is 5.73 Å². The van der Waals surface area contributed by atoms with Crippen LogP contribution in [-0.2, 0) is 13.6 Å². The molecule has 0 radical (unpaired) electrons. The van der Waals surface area contributed by atoms with E-state index in [2.05, 4.69) is 15.1 Å². The van der Waals surface area contributed by atoms with E-state index in [0.717, 1.165) is 5.56 Å². The molecule has 0 bridgehead atoms. The van der Waals surface area contributed by atoms with Gasteiger partial charge in [0, 0.05) is 30.4 Å². The molecule has 5 rings (SSSR count). The average Bonchev–Trinajstić information content (AvgIpc) is 3.34. The fourth-order valence-corrected chi connectivity index (χ4v) is 3.63. The van der Waals surface area contributed by atoms with E-state index in [4.69, 9.17) is 10.2 Å². The van der Waals surface area contributed by atoms with Crippen LogP contribution < -0.4 is 17.0 Å². The maximum Gasteiger partial charge on any atom is 0.353 e. The number of anilines is 1. The minimum atomic E-state index is -0.452. The second-order valence-electron chi connectivity index (χ2n) is 7.39. The van der Waals surface area contributed by atoms with Crippen molar-refractivity contribution < 1.29 is 4.42 Å². The van der Waals surface area contributed by atoms with E-state index in [1.54, 1.807) is 26.2 Å². The maximum atomic E-state index is 13.2. The fourth-order valence-electron chi connectivity index (χ4n) is 3.63. The number of fused-ring (bicyclic) bond motifs is 1. The van der Waals surface area contributed by atoms with Crippen LogP contribution in [0.5, 0.6) is 0 Å². The first-order valence-corrected chi connectivity index (χ1v) is 9.84. The monoisotopic (exact) mass is 429 g/mol. The fraction of sp³-hybridized carbons (Fsp3) is 0.136. The van der Waals surface area contributed by atoms with Gasteiger partial charge in [-0.2, -0.15) is 0 Å². The Bertz CT molecular complexity index is 1580. The third kappa shape index (κ3) is 3.09. The first kappa shape index (κ1) is 19.5. The lowest BCUT2D eigenvalue weighted by Gasteiger charge is -2.12. The molecule has 0 amide bonds. The van der Waals surface area contributed by atoms with Gasteiger partial charge in [0.2, 0.25) is 11.5 Å². The molecule has 160 valence electrons. The highest BCUT2D eigenvalue weighted by Crippen LogP contribution is 2.33. The third-order valence-electron chi connectivity index (χ3n) is 5.32. The Balaban J connectivity index is 1.84. The molecule has 10 heteroatoms. The molecule has 0 saturated carbocycles. The first-order valence-electron chi connectivity index (χ1n) is 9.84. The molecule has 0 saturated heterocycles. The maximum absolute atomic E-state index is 13.2. The molecule has 0 aliphatic carbocycles. The molecule has 0 spiro atoms. The SMILES string of the molecule is Cc1ncoc1Cn1nc2c(-c3ccc(=O)n(C)c3)c(-c3ccccc3)nc(N)n2c1=O. The summed E-state index contributed by atoms with van der Waals surface area (Å²) in [7, 11) is 1.66. The highest BCUT2D eigenvalue weighted by atomic mass is 16.3. The van der Waals surface area contributed by atoms with Crippen molar-refractivity contribution in [2.24, 2.45) is 7.05 Å². The number of nitrogens with two attached hydrogens (primary N) is 1. The van der Waals surface area contributed by atoms with E-state index in [9.17, 15) is 9.59 Å². The minimum Gasteiger partial charge on any atom is -0.446 e. The number of nitrogen functional groups attached to an aromatic ring is 1. The Hall–Kier alpha value is -4.47. The van der Waals surface area contributed by atoms with Gasteiger partial charge in [-0.25, -0.2) is 23.8 Å². The van der Waals surface area contributed by atoms with Crippen molar-refractivity contribution >= 4 is 11.6 Å². The van der Waals surface area contributed by atoms with Gasteiger partial charge < -0.3 is 14.7 Å². The number of nitrogens with zero attached hydrogens (tertiary/aromatic N) is 6. The number of benzene rings is 1. The van der Waals surface area contributed by atoms with Gasteiger partial charge in [-0.3, -0.25) is 4.79 Å². The second kappa shape index (κ2) is 7.34. The van der Waals surface area contributed by atoms with Crippen molar-refractivity contribution in [3.63, 3.8) is 0 Å². The summed E-state index contributed by atoms with van der Waals surface area (Å²) in [5.74, 6) is 0.534. The van der Waals surface area contributed by atoms with Crippen LogP contribution in [-0.4, -0.2) is 28.7 Å². The number of hydrogen-bond donors (Lipinski definition) is 1. The van der Waals surface area contributed by atoms with Gasteiger partial charge in [0.25, 0.3) is 0 Å². The lowest BCUT2D eigenvalue weighted by Crippen LogP contribution is -2.23. The van der Waals surface area contributed by atoms with Crippen LogP contribution in [0.3, 0.4) is 0 Å². The largest absolute Gasteiger partial charge is 0.446 e. The Morgan fingerprint density at radius 3 is 2.53 bits per heavy atom. The topological polar surface area (TPSA) is 126 Å². The predicted molar refractivity (Wildman–Crippen MR) is 118 cm³/mol. The molecule has 0 unspecified atom stereocenters. The lowest BCUT2D eigenvalue weighted by atomic mass is 10.0. The van der Waals surface area contributed by atoms with Crippen molar-refractivity contribution in [3.8, 4) is 22.4 Å². The third-order valence-corrected chi connectivity index (χ3v) is 5.32. The molecule has 10 nitrogen and oxygen atoms in total. The zero-order valence-corrected chi connectivity index (χ0v) is 17.4. The summed E-state index contributed by atoms with van der Waals surface area (Å²) in [6, 6.07) is 12.6. The van der Waals surface area contributed by atoms with Gasteiger partial charge in [-0.15, -0.1) is 5.10 Å². The Kier molecular flexibility index (Phi) is 4.47. The van der Waals surface area contributed by atoms with Crippen molar-refractivity contribution in [1.82, 2.24) is 28.7 Å². The van der Waals surface area contributed by atoms with Gasteiger partial charge in [0.05, 0.1) is 17.0 Å². The Labute approximate surface area is 181 Å². The van der Waals surface area contributed by atoms with Crippen LogP contribution in [0.2, 0.25) is 0 Å². The summed E-state index contributed by atoms with van der Waals surface area (Å²) >= 11 is 0. The van der Waals surface area contributed by atoms with Crippen molar-refractivity contribution in [1.29, 1.82) is 0 Å². The van der Waals surface area contributed by atoms with Crippen LogP contribution in [0.1, 0.15) is 11.5 Å². The van der Waals surface area contributed by atoms with Gasteiger partial charge >= 0.3 is 5.69 Å². The molecule has 32 heavy (non-hydrogen) atoms. The van der Waals surface area contributed by atoms with Crippen molar-refractivity contribution in [2.45, 2.75) is 13.5 Å². The molecule has 0 atom stereocenters. The number of hydrogen-bond acceptors (Lipinski definition) is 7. The summed E-state index contributed by atoms with van der Waals surface area (Å²) in [5, 5.41) is 4.58. The molecular formula is C22H19N7O3. The molecule has 4 aromatic heterocycles. The number of rotatable bonds is 4. The van der Waals surface area contributed by atoms with E-state index < -0.39 is 5.69 Å². The van der Waals surface area contributed by atoms with Gasteiger partial charge in [0.15, 0.2) is 12.0 Å². The van der Waals surface area contributed by atoms with Crippen LogP contribution in [0.15, 0.2) is 69.1 Å². The molecule has 0 aliphatic rings. The standard InChI is InChI=1S/C22H19N7O3/c1-13-16(32-12-24-13)11-28-22(31)29-20(26-28)18(15-8-9-17(30)27(2)10-15)19(25-21(29)23)14-6-4-3-5-7-14/h3-10,12H,11H2,1-2H3,(H2,23,25). The quantitative estimate of drug-likeness (QED) is 0.462. The normalized spacial score (nSPS) is 11.3. The number of pyridine rings is 1. The zero-order valence-electron chi connectivity index (χ0n) is 17.4. The summed E-state index contributed by atoms with van der Waals surface area (Å²) in [6.45, 7) is 1.89. The molecule has 2 N–H and O–H groups in total. The second-order valence-corrected chi connectivity index (χ2v) is 7.39. The van der Waals surface area contributed by atoms with Crippen LogP contribution >= 0.6 is 0 Å². The van der Waals surface area contributed by atoms with Gasteiger partial charge in [-0.1, -0.05) is 30.3 Å². The van der Waals surface area contributed by atoms with E-state index in [1.807, 2.05) is 30.3 Å². The lowest BCUT2D eigenvalue weighted by molar-refractivity contribution is 0.469. The summed E-state index contributed by atoms with van der Waals surface area (Å²) in [6.07, 6.45) is 3.01. The van der Waals surface area contributed by atoms with Gasteiger partial charge in [0.1, 0.15) is 12.3 Å². The Morgan fingerprint density at radius 2 is 1.84 bits per heavy atom. The van der Waals surface area contributed by atoms with E-state index in [1.165, 1.54) is 26.1 Å². The van der Waals surface area contributed by atoms with E-state index in [-0.39, 0.29) is 18.1 Å². The summed E-state index contributed by atoms with van der Waals surface area (Å²) in [5.41, 5.74) is 9.24. The Morgan fingerprint density at radius 1 is 1.06 bits per heavy atom. The molecule has 1 aromatic carbocycles. The number of aromatic nitrogens is 6. The van der Waals surface area contributed by atoms with Gasteiger partial charge in [-0.05, 0) is 13.0 Å². The predicted octanol–water partition coefficient (Wildman–Crippen LogP) is 1.85. The molecule has 5 aromatic rings. The van der Waals surface area contributed by atoms with Crippen molar-refractivity contribution in [3.05, 3.63) is 87.3 Å².